The molecule has 128 valence electrons. The molecule has 2 amide bonds. The smallest absolute Gasteiger partial charge is 0.373 e. The number of sulfonamides is 1. The van der Waals surface area contributed by atoms with Gasteiger partial charge >= 0.3 is 18.0 Å². The molecule has 0 bridgehead atoms. The lowest BCUT2D eigenvalue weighted by atomic mass is 10.5. The van der Waals surface area contributed by atoms with E-state index >= 15 is 0 Å². The number of carbonyl (C=O) groups excluding carboxylic acids is 1. The number of carboxylic acid groups (broad SMARTS) is 1. The number of nitrogens with one attached hydrogen (secondary N) is 2. The third kappa shape index (κ3) is 3.75. The number of hydrogen-bond donors (Lipinski definition) is 3. The third-order valence-corrected chi connectivity index (χ3v) is 3.83. The van der Waals surface area contributed by atoms with E-state index in [0.29, 0.717) is 0 Å². The number of nitrogens with zero attached hydrogens (tertiary/aromatic N) is 3. The fourth-order valence-corrected chi connectivity index (χ4v) is 2.59. The SMILES string of the molecule is COc1nc(C)nc(NC(=O)NS(=O)(=O)c2ccoc2C(=O)O)n1. The van der Waals surface area contributed by atoms with Crippen LogP contribution in [0.1, 0.15) is 16.4 Å². The first-order chi connectivity index (χ1) is 11.2. The average molecular weight is 357 g/mol. The Labute approximate surface area is 134 Å². The molecular weight excluding hydrogens is 346 g/mol. The fraction of sp³-hybridized carbons (Fsp3) is 0.182. The molecule has 2 aromatic heterocycles. The van der Waals surface area contributed by atoms with Gasteiger partial charge in [-0.25, -0.2) is 22.7 Å². The van der Waals surface area contributed by atoms with E-state index in [2.05, 4.69) is 24.7 Å². The van der Waals surface area contributed by atoms with Crippen LogP contribution in [-0.4, -0.2) is 47.6 Å². The van der Waals surface area contributed by atoms with Gasteiger partial charge in [0, 0.05) is 0 Å². The van der Waals surface area contributed by atoms with Crippen LogP contribution in [0.3, 0.4) is 0 Å². The second-order valence-electron chi connectivity index (χ2n) is 4.17. The van der Waals surface area contributed by atoms with Crippen LogP contribution in [0.5, 0.6) is 6.01 Å². The maximum absolute atomic E-state index is 12.0. The molecule has 0 saturated heterocycles. The number of furan rings is 1. The highest BCUT2D eigenvalue weighted by molar-refractivity contribution is 7.90. The minimum absolute atomic E-state index is 0.0799. The van der Waals surface area contributed by atoms with Gasteiger partial charge in [-0.2, -0.15) is 15.0 Å². The molecule has 12 nitrogen and oxygen atoms in total. The zero-order valence-corrected chi connectivity index (χ0v) is 13.1. The molecular formula is C11H11N5O7S. The molecule has 24 heavy (non-hydrogen) atoms. The number of methoxy groups -OCH3 is 1. The Bertz CT molecular complexity index is 892. The van der Waals surface area contributed by atoms with Crippen LogP contribution in [0.25, 0.3) is 0 Å². The molecule has 0 aliphatic rings. The fourth-order valence-electron chi connectivity index (χ4n) is 1.57. The van der Waals surface area contributed by atoms with Gasteiger partial charge in [-0.3, -0.25) is 5.32 Å². The van der Waals surface area contributed by atoms with E-state index in [0.717, 1.165) is 12.3 Å². The molecule has 0 aromatic carbocycles. The molecule has 0 radical (unpaired) electrons. The van der Waals surface area contributed by atoms with Crippen LogP contribution in [0, 0.1) is 6.92 Å². The maximum Gasteiger partial charge on any atom is 0.373 e. The Hall–Kier alpha value is -3.22. The Morgan fingerprint density at radius 1 is 1.29 bits per heavy atom. The first-order valence-corrected chi connectivity index (χ1v) is 7.62. The molecule has 0 fully saturated rings. The van der Waals surface area contributed by atoms with Crippen molar-refractivity contribution in [1.29, 1.82) is 0 Å². The summed E-state index contributed by atoms with van der Waals surface area (Å²) in [6.45, 7) is 1.51. The number of carboxylic acids is 1. The van der Waals surface area contributed by atoms with Gasteiger partial charge in [-0.1, -0.05) is 0 Å². The molecule has 0 spiro atoms. The van der Waals surface area contributed by atoms with Gasteiger partial charge in [-0.15, -0.1) is 0 Å². The van der Waals surface area contributed by atoms with Crippen LogP contribution >= 0.6 is 0 Å². The van der Waals surface area contributed by atoms with Gasteiger partial charge in [0.05, 0.1) is 13.4 Å². The zero-order chi connectivity index (χ0) is 17.9. The van der Waals surface area contributed by atoms with Gasteiger partial charge in [0.25, 0.3) is 10.0 Å². The number of aromatic nitrogens is 3. The van der Waals surface area contributed by atoms with E-state index in [1.54, 1.807) is 4.72 Å². The minimum atomic E-state index is -4.48. The summed E-state index contributed by atoms with van der Waals surface area (Å²) in [5.41, 5.74) is 0. The monoisotopic (exact) mass is 357 g/mol. The van der Waals surface area contributed by atoms with E-state index < -0.39 is 32.7 Å². The summed E-state index contributed by atoms with van der Waals surface area (Å²) in [5, 5.41) is 10.9. The number of amides is 2. The highest BCUT2D eigenvalue weighted by Gasteiger charge is 2.27. The summed E-state index contributed by atoms with van der Waals surface area (Å²) < 4.78 is 35.0. The number of anilines is 1. The maximum atomic E-state index is 12.0. The number of urea groups is 1. The van der Waals surface area contributed by atoms with Crippen LogP contribution < -0.4 is 14.8 Å². The first kappa shape index (κ1) is 17.1. The predicted molar refractivity (Wildman–Crippen MR) is 76.1 cm³/mol. The molecule has 0 aliphatic carbocycles. The molecule has 0 saturated carbocycles. The lowest BCUT2D eigenvalue weighted by Gasteiger charge is -2.08. The number of ether oxygens (including phenoxy) is 1. The number of aromatic carboxylic acids is 1. The summed E-state index contributed by atoms with van der Waals surface area (Å²) >= 11 is 0. The minimum Gasteiger partial charge on any atom is -0.475 e. The molecule has 2 aromatic rings. The van der Waals surface area contributed by atoms with Gasteiger partial charge in [0.1, 0.15) is 10.7 Å². The van der Waals surface area contributed by atoms with Crippen LogP contribution in [-0.2, 0) is 10.0 Å². The quantitative estimate of drug-likeness (QED) is 0.660. The van der Waals surface area contributed by atoms with Crippen molar-refractivity contribution in [2.75, 3.05) is 12.4 Å². The second-order valence-corrected chi connectivity index (χ2v) is 5.82. The van der Waals surface area contributed by atoms with Crippen molar-refractivity contribution in [1.82, 2.24) is 19.7 Å². The van der Waals surface area contributed by atoms with E-state index in [1.807, 2.05) is 0 Å². The van der Waals surface area contributed by atoms with Crippen molar-refractivity contribution in [3.8, 4) is 6.01 Å². The first-order valence-electron chi connectivity index (χ1n) is 6.14. The second kappa shape index (κ2) is 6.49. The Morgan fingerprint density at radius 3 is 2.62 bits per heavy atom. The number of aryl methyl sites for hydroxylation is 1. The van der Waals surface area contributed by atoms with Gasteiger partial charge in [0.2, 0.25) is 11.7 Å². The average Bonchev–Trinajstić information content (AvgIpc) is 2.96. The highest BCUT2D eigenvalue weighted by atomic mass is 32.2. The lowest BCUT2D eigenvalue weighted by Crippen LogP contribution is -2.35. The Kier molecular flexibility index (Phi) is 4.64. The molecule has 0 aliphatic heterocycles. The van der Waals surface area contributed by atoms with Gasteiger partial charge in [0.15, 0.2) is 0 Å². The summed E-state index contributed by atoms with van der Waals surface area (Å²) in [6, 6.07) is -0.390. The van der Waals surface area contributed by atoms with E-state index in [-0.39, 0.29) is 17.8 Å². The molecule has 0 unspecified atom stereocenters. The van der Waals surface area contributed by atoms with Crippen LogP contribution in [0.2, 0.25) is 0 Å². The van der Waals surface area contributed by atoms with E-state index in [4.69, 9.17) is 9.84 Å². The van der Waals surface area contributed by atoms with Gasteiger partial charge < -0.3 is 14.3 Å². The zero-order valence-electron chi connectivity index (χ0n) is 12.3. The Morgan fingerprint density at radius 2 is 2.00 bits per heavy atom. The summed E-state index contributed by atoms with van der Waals surface area (Å²) in [7, 11) is -3.18. The summed E-state index contributed by atoms with van der Waals surface area (Å²) in [4.78, 5) is 33.3. The molecule has 2 heterocycles. The van der Waals surface area contributed by atoms with Crippen LogP contribution in [0.4, 0.5) is 10.7 Å². The van der Waals surface area contributed by atoms with Crippen molar-refractivity contribution in [3.05, 3.63) is 23.9 Å². The molecule has 13 heteroatoms. The molecule has 0 atom stereocenters. The summed E-state index contributed by atoms with van der Waals surface area (Å²) in [5.74, 6) is -2.45. The van der Waals surface area contributed by atoms with Crippen molar-refractivity contribution in [2.45, 2.75) is 11.8 Å². The van der Waals surface area contributed by atoms with Crippen molar-refractivity contribution < 1.29 is 32.3 Å². The number of carbonyl (C=O) groups is 2. The largest absolute Gasteiger partial charge is 0.475 e. The predicted octanol–water partition coefficient (Wildman–Crippen LogP) is -0.00978. The van der Waals surface area contributed by atoms with E-state index in [1.165, 1.54) is 14.0 Å². The van der Waals surface area contributed by atoms with E-state index in [9.17, 15) is 18.0 Å². The topological polar surface area (TPSA) is 174 Å². The van der Waals surface area contributed by atoms with Crippen molar-refractivity contribution in [2.24, 2.45) is 0 Å². The van der Waals surface area contributed by atoms with Crippen molar-refractivity contribution >= 4 is 28.0 Å². The lowest BCUT2D eigenvalue weighted by molar-refractivity contribution is 0.0656. The third-order valence-electron chi connectivity index (χ3n) is 2.47. The summed E-state index contributed by atoms with van der Waals surface area (Å²) in [6.07, 6.45) is 0.871. The molecule has 3 N–H and O–H groups in total. The molecule has 2 rings (SSSR count). The highest BCUT2D eigenvalue weighted by Crippen LogP contribution is 2.17. The number of rotatable bonds is 5. The van der Waals surface area contributed by atoms with Crippen molar-refractivity contribution in [3.63, 3.8) is 0 Å². The number of hydrogen-bond acceptors (Lipinski definition) is 9. The Balaban J connectivity index is 2.18. The van der Waals surface area contributed by atoms with Gasteiger partial charge in [-0.05, 0) is 13.0 Å². The normalized spacial score (nSPS) is 10.9. The standard InChI is InChI=1S/C11H11N5O7S/c1-5-12-9(15-11(13-5)22-2)14-10(19)16-24(20,21)6-3-4-23-7(6)8(17)18/h3-4H,1-2H3,(H,17,18)(H2,12,13,14,15,16,19). The van der Waals surface area contributed by atoms with Crippen LogP contribution in [0.15, 0.2) is 21.6 Å².